The molecule has 37 heavy (non-hydrogen) atoms. The average molecular weight is 525 g/mol. The Morgan fingerprint density at radius 3 is 2.76 bits per heavy atom. The highest BCUT2D eigenvalue weighted by Crippen LogP contribution is 2.31. The number of nitrogens with zero attached hydrogens (tertiary/aromatic N) is 2. The van der Waals surface area contributed by atoms with Crippen molar-refractivity contribution < 1.29 is 9.53 Å². The summed E-state index contributed by atoms with van der Waals surface area (Å²) in [6.45, 7) is 7.45. The maximum atomic E-state index is 12.8. The molecule has 2 N–H and O–H groups in total. The molecule has 7 nitrogen and oxygen atoms in total. The second-order valence-corrected chi connectivity index (χ2v) is 10.1. The fourth-order valence-corrected chi connectivity index (χ4v) is 5.53. The van der Waals surface area contributed by atoms with E-state index in [2.05, 4.69) is 20.1 Å². The number of amides is 1. The zero-order valence-electron chi connectivity index (χ0n) is 19.6. The van der Waals surface area contributed by atoms with Crippen LogP contribution in [0.25, 0.3) is 26.2 Å². The van der Waals surface area contributed by atoms with Crippen molar-refractivity contribution in [1.82, 2.24) is 9.97 Å². The first kappa shape index (κ1) is 24.3. The summed E-state index contributed by atoms with van der Waals surface area (Å²) in [5.74, 6) is 0.957. The molecule has 0 spiro atoms. The molecule has 0 bridgehead atoms. The number of carbonyl (C=O) groups excluding carboxylic acids is 1. The summed E-state index contributed by atoms with van der Waals surface area (Å²) >= 11 is 2.80. The van der Waals surface area contributed by atoms with E-state index in [-0.39, 0.29) is 11.6 Å². The number of benzene rings is 3. The summed E-state index contributed by atoms with van der Waals surface area (Å²) in [4.78, 5) is 36.7. The number of aromatic nitrogens is 2. The van der Waals surface area contributed by atoms with Gasteiger partial charge in [-0.3, -0.25) is 9.59 Å². The monoisotopic (exact) mass is 524 g/mol. The summed E-state index contributed by atoms with van der Waals surface area (Å²) < 4.78 is 6.34. The minimum atomic E-state index is -0.491. The zero-order chi connectivity index (χ0) is 25.8. The van der Waals surface area contributed by atoms with Gasteiger partial charge >= 0.3 is 0 Å². The predicted octanol–water partition coefficient (Wildman–Crippen LogP) is 6.76. The van der Waals surface area contributed by atoms with Crippen molar-refractivity contribution in [2.24, 2.45) is 0 Å². The third-order valence-corrected chi connectivity index (χ3v) is 7.60. The van der Waals surface area contributed by atoms with Gasteiger partial charge in [0.25, 0.3) is 17.2 Å². The molecule has 182 valence electrons. The quantitative estimate of drug-likeness (QED) is 0.140. The van der Waals surface area contributed by atoms with Gasteiger partial charge < -0.3 is 15.0 Å². The standard InChI is InChI=1S/C28H20N4O3S2/c1-29-25-24(19-9-6-11-21(14-19)35-2)31-28(32-27(25)34)36-16-17-7-5-10-20(13-17)30-26(33)23-15-18-8-3-4-12-22(18)37-23/h3-15H,16H2,2H3,(H,30,33)(H,31,32,34). The molecule has 0 aliphatic heterocycles. The van der Waals surface area contributed by atoms with Crippen molar-refractivity contribution in [3.8, 4) is 17.0 Å². The van der Waals surface area contributed by atoms with E-state index >= 15 is 0 Å². The van der Waals surface area contributed by atoms with E-state index in [9.17, 15) is 9.59 Å². The van der Waals surface area contributed by atoms with Gasteiger partial charge in [-0.1, -0.05) is 54.2 Å². The van der Waals surface area contributed by atoms with Crippen molar-refractivity contribution in [3.63, 3.8) is 0 Å². The van der Waals surface area contributed by atoms with Crippen LogP contribution in [0.5, 0.6) is 5.75 Å². The summed E-state index contributed by atoms with van der Waals surface area (Å²) in [6.07, 6.45) is 0. The smallest absolute Gasteiger partial charge is 0.276 e. The molecule has 1 amide bonds. The SMILES string of the molecule is [C-]#[N+]c1c(-c2cccc(OC)c2)nc(SCc2cccc(NC(=O)c3cc4ccccc4s3)c2)[nH]c1=O. The number of ether oxygens (including phenoxy) is 1. The Hall–Kier alpha value is -4.39. The molecule has 2 heterocycles. The van der Waals surface area contributed by atoms with Crippen molar-refractivity contribution in [2.45, 2.75) is 10.9 Å². The molecule has 0 atom stereocenters. The average Bonchev–Trinajstić information content (AvgIpc) is 3.36. The van der Waals surface area contributed by atoms with E-state index in [4.69, 9.17) is 11.3 Å². The lowest BCUT2D eigenvalue weighted by atomic mass is 10.1. The van der Waals surface area contributed by atoms with Gasteiger partial charge in [-0.05, 0) is 52.9 Å². The van der Waals surface area contributed by atoms with E-state index in [1.54, 1.807) is 31.4 Å². The molecule has 0 aliphatic rings. The summed E-state index contributed by atoms with van der Waals surface area (Å²) in [7, 11) is 1.56. The van der Waals surface area contributed by atoms with Crippen molar-refractivity contribution in [2.75, 3.05) is 12.4 Å². The predicted molar refractivity (Wildman–Crippen MR) is 149 cm³/mol. The number of H-pyrrole nitrogens is 1. The van der Waals surface area contributed by atoms with Gasteiger partial charge in [-0.2, -0.15) is 0 Å². The van der Waals surface area contributed by atoms with Gasteiger partial charge in [0.1, 0.15) is 5.75 Å². The van der Waals surface area contributed by atoms with Crippen LogP contribution in [0.1, 0.15) is 15.2 Å². The van der Waals surface area contributed by atoms with E-state index in [0.29, 0.717) is 38.5 Å². The molecule has 0 aliphatic carbocycles. The summed E-state index contributed by atoms with van der Waals surface area (Å²) in [5.41, 5.74) is 2.01. The Bertz CT molecular complexity index is 1690. The van der Waals surface area contributed by atoms with Crippen LogP contribution >= 0.6 is 23.1 Å². The first-order valence-electron chi connectivity index (χ1n) is 11.2. The number of thiophene rings is 1. The third-order valence-electron chi connectivity index (χ3n) is 5.54. The number of carbonyl (C=O) groups is 1. The van der Waals surface area contributed by atoms with Gasteiger partial charge in [-0.15, -0.1) is 11.3 Å². The fourth-order valence-electron chi connectivity index (χ4n) is 3.77. The Morgan fingerprint density at radius 1 is 1.11 bits per heavy atom. The van der Waals surface area contributed by atoms with Crippen molar-refractivity contribution in [3.05, 3.63) is 111 Å². The van der Waals surface area contributed by atoms with Crippen LogP contribution in [0.2, 0.25) is 0 Å². The number of fused-ring (bicyclic) bond motifs is 1. The lowest BCUT2D eigenvalue weighted by molar-refractivity contribution is 0.103. The molecular formula is C28H20N4O3S2. The highest BCUT2D eigenvalue weighted by molar-refractivity contribution is 7.98. The topological polar surface area (TPSA) is 88.4 Å². The second-order valence-electron chi connectivity index (χ2n) is 8.00. The van der Waals surface area contributed by atoms with Gasteiger partial charge in [0, 0.05) is 16.1 Å². The third kappa shape index (κ3) is 5.40. The summed E-state index contributed by atoms with van der Waals surface area (Å²) in [5, 5.41) is 4.41. The zero-order valence-corrected chi connectivity index (χ0v) is 21.3. The maximum Gasteiger partial charge on any atom is 0.276 e. The van der Waals surface area contributed by atoms with Gasteiger partial charge in [0.2, 0.25) is 0 Å². The number of hydrogen-bond acceptors (Lipinski definition) is 6. The Kier molecular flexibility index (Phi) is 7.03. The lowest BCUT2D eigenvalue weighted by Crippen LogP contribution is -2.10. The van der Waals surface area contributed by atoms with Crippen LogP contribution in [0.3, 0.4) is 0 Å². The molecule has 0 unspecified atom stereocenters. The number of rotatable bonds is 7. The van der Waals surface area contributed by atoms with Gasteiger partial charge in [0.05, 0.1) is 24.3 Å². The van der Waals surface area contributed by atoms with Crippen LogP contribution in [-0.2, 0) is 5.75 Å². The molecule has 5 aromatic rings. The van der Waals surface area contributed by atoms with Crippen LogP contribution in [0.4, 0.5) is 11.4 Å². The molecule has 9 heteroatoms. The number of hydrogen-bond donors (Lipinski definition) is 2. The van der Waals surface area contributed by atoms with Crippen LogP contribution < -0.4 is 15.6 Å². The minimum Gasteiger partial charge on any atom is -0.497 e. The normalized spacial score (nSPS) is 10.7. The Labute approximate surface area is 221 Å². The Morgan fingerprint density at radius 2 is 1.95 bits per heavy atom. The molecule has 3 aromatic carbocycles. The second kappa shape index (κ2) is 10.7. The summed E-state index contributed by atoms with van der Waals surface area (Å²) in [6, 6.07) is 24.4. The van der Waals surface area contributed by atoms with Crippen molar-refractivity contribution >= 4 is 50.5 Å². The molecule has 2 aromatic heterocycles. The van der Waals surface area contributed by atoms with Crippen molar-refractivity contribution in [1.29, 1.82) is 0 Å². The minimum absolute atomic E-state index is 0.0662. The first-order valence-corrected chi connectivity index (χ1v) is 13.0. The number of nitrogens with one attached hydrogen (secondary N) is 2. The van der Waals surface area contributed by atoms with E-state index in [1.807, 2.05) is 54.6 Å². The van der Waals surface area contributed by atoms with Crippen LogP contribution in [-0.4, -0.2) is 23.0 Å². The van der Waals surface area contributed by atoms with Crippen LogP contribution in [0, 0.1) is 6.57 Å². The molecule has 5 rings (SSSR count). The molecule has 0 fully saturated rings. The lowest BCUT2D eigenvalue weighted by Gasteiger charge is -2.09. The largest absolute Gasteiger partial charge is 0.497 e. The number of aromatic amines is 1. The highest BCUT2D eigenvalue weighted by Gasteiger charge is 2.15. The molecular weight excluding hydrogens is 504 g/mol. The van der Waals surface area contributed by atoms with E-state index in [0.717, 1.165) is 15.6 Å². The molecule has 0 radical (unpaired) electrons. The van der Waals surface area contributed by atoms with Crippen LogP contribution in [0.15, 0.2) is 88.8 Å². The van der Waals surface area contributed by atoms with Gasteiger partial charge in [-0.25, -0.2) is 9.83 Å². The maximum absolute atomic E-state index is 12.8. The van der Waals surface area contributed by atoms with E-state index in [1.165, 1.54) is 23.1 Å². The molecule has 0 saturated carbocycles. The van der Waals surface area contributed by atoms with E-state index < -0.39 is 5.56 Å². The number of thioether (sulfide) groups is 1. The van der Waals surface area contributed by atoms with Gasteiger partial charge in [0.15, 0.2) is 5.16 Å². The Balaban J connectivity index is 1.33. The number of methoxy groups -OCH3 is 1. The molecule has 0 saturated heterocycles. The fraction of sp³-hybridized carbons (Fsp3) is 0.0714. The highest BCUT2D eigenvalue weighted by atomic mass is 32.2. The number of anilines is 1. The first-order chi connectivity index (χ1) is 18.0.